The fourth-order valence-corrected chi connectivity index (χ4v) is 3.81. The van der Waals surface area contributed by atoms with E-state index in [0.717, 1.165) is 19.5 Å². The second-order valence-electron chi connectivity index (χ2n) is 5.39. The van der Waals surface area contributed by atoms with Crippen molar-refractivity contribution in [3.8, 4) is 5.75 Å². The van der Waals surface area contributed by atoms with Crippen molar-refractivity contribution < 1.29 is 9.84 Å². The third-order valence-electron chi connectivity index (χ3n) is 3.68. The van der Waals surface area contributed by atoms with Crippen LogP contribution in [0.2, 0.25) is 10.0 Å². The third kappa shape index (κ3) is 3.94. The molecule has 0 unspecified atom stereocenters. The lowest BCUT2D eigenvalue weighted by molar-refractivity contribution is 0.0640. The standard InChI is InChI=1S/C16H17Cl2NO2S/c17-12-1-2-14(18)15(7-12)21-10-13(20)9-19-5-3-16-11(8-19)4-6-22-16/h1-2,4,6-7,13,20H,3,5,8-10H2/t13-/m0/s1. The first kappa shape index (κ1) is 16.1. The van der Waals surface area contributed by atoms with Gasteiger partial charge in [-0.2, -0.15) is 0 Å². The molecule has 2 aromatic rings. The summed E-state index contributed by atoms with van der Waals surface area (Å²) in [5.41, 5.74) is 1.38. The minimum Gasteiger partial charge on any atom is -0.489 e. The number of benzene rings is 1. The Bertz CT molecular complexity index is 647. The van der Waals surface area contributed by atoms with E-state index < -0.39 is 6.10 Å². The fourth-order valence-electron chi connectivity index (χ4n) is 2.59. The molecule has 0 saturated heterocycles. The van der Waals surface area contributed by atoms with Gasteiger partial charge in [0.15, 0.2) is 0 Å². The van der Waals surface area contributed by atoms with Gasteiger partial charge in [-0.25, -0.2) is 0 Å². The molecule has 3 rings (SSSR count). The maximum absolute atomic E-state index is 10.2. The molecule has 0 amide bonds. The quantitative estimate of drug-likeness (QED) is 0.881. The van der Waals surface area contributed by atoms with Crippen LogP contribution in [0.3, 0.4) is 0 Å². The van der Waals surface area contributed by atoms with Crippen LogP contribution >= 0.6 is 34.5 Å². The predicted molar refractivity (Wildman–Crippen MR) is 91.3 cm³/mol. The normalized spacial score (nSPS) is 16.3. The van der Waals surface area contributed by atoms with E-state index in [1.165, 1.54) is 10.4 Å². The third-order valence-corrected chi connectivity index (χ3v) is 5.25. The molecule has 1 aromatic heterocycles. The number of fused-ring (bicyclic) bond motifs is 1. The molecule has 2 heterocycles. The van der Waals surface area contributed by atoms with Crippen molar-refractivity contribution in [2.24, 2.45) is 0 Å². The van der Waals surface area contributed by atoms with Crippen LogP contribution in [0.15, 0.2) is 29.6 Å². The van der Waals surface area contributed by atoms with E-state index >= 15 is 0 Å². The summed E-state index contributed by atoms with van der Waals surface area (Å²) in [7, 11) is 0. The van der Waals surface area contributed by atoms with Gasteiger partial charge < -0.3 is 9.84 Å². The lowest BCUT2D eigenvalue weighted by Gasteiger charge is -2.28. The van der Waals surface area contributed by atoms with E-state index in [4.69, 9.17) is 27.9 Å². The number of rotatable bonds is 5. The Morgan fingerprint density at radius 1 is 1.32 bits per heavy atom. The maximum atomic E-state index is 10.2. The van der Waals surface area contributed by atoms with Gasteiger partial charge in [-0.05, 0) is 35.6 Å². The second-order valence-corrected chi connectivity index (χ2v) is 7.24. The zero-order valence-corrected chi connectivity index (χ0v) is 14.3. The number of halogens is 2. The molecule has 0 spiro atoms. The van der Waals surface area contributed by atoms with Gasteiger partial charge in [0, 0.05) is 35.6 Å². The molecule has 1 aliphatic rings. The molecule has 0 saturated carbocycles. The summed E-state index contributed by atoms with van der Waals surface area (Å²) in [5, 5.41) is 13.4. The Kier molecular flexibility index (Phi) is 5.26. The van der Waals surface area contributed by atoms with Crippen LogP contribution in [0.4, 0.5) is 0 Å². The van der Waals surface area contributed by atoms with Crippen LogP contribution in [0.1, 0.15) is 10.4 Å². The highest BCUT2D eigenvalue weighted by Crippen LogP contribution is 2.28. The summed E-state index contributed by atoms with van der Waals surface area (Å²) in [4.78, 5) is 3.72. The molecule has 0 fully saturated rings. The molecule has 0 bridgehead atoms. The first-order valence-corrected chi connectivity index (χ1v) is 8.79. The van der Waals surface area contributed by atoms with E-state index in [2.05, 4.69) is 16.3 Å². The maximum Gasteiger partial charge on any atom is 0.139 e. The molecule has 1 N–H and O–H groups in total. The van der Waals surface area contributed by atoms with Crippen LogP contribution < -0.4 is 4.74 Å². The van der Waals surface area contributed by atoms with Crippen LogP contribution in [-0.2, 0) is 13.0 Å². The van der Waals surface area contributed by atoms with Gasteiger partial charge in [0.2, 0.25) is 0 Å². The molecule has 0 aliphatic carbocycles. The number of hydrogen-bond donors (Lipinski definition) is 1. The molecule has 3 nitrogen and oxygen atoms in total. The Hall–Kier alpha value is -0.780. The number of β-amino-alcohol motifs (C(OH)–C–C–N with tert-alkyl or cyclic N) is 1. The predicted octanol–water partition coefficient (Wildman–Crippen LogP) is 3.85. The number of thiophene rings is 1. The van der Waals surface area contributed by atoms with Crippen molar-refractivity contribution in [3.05, 3.63) is 50.1 Å². The van der Waals surface area contributed by atoms with Gasteiger partial charge in [0.25, 0.3) is 0 Å². The monoisotopic (exact) mass is 357 g/mol. The van der Waals surface area contributed by atoms with Gasteiger partial charge in [-0.1, -0.05) is 23.2 Å². The molecule has 1 aliphatic heterocycles. The molecule has 0 radical (unpaired) electrons. The van der Waals surface area contributed by atoms with Crippen molar-refractivity contribution in [2.75, 3.05) is 19.7 Å². The number of aliphatic hydroxyl groups is 1. The van der Waals surface area contributed by atoms with Crippen LogP contribution in [0.25, 0.3) is 0 Å². The van der Waals surface area contributed by atoms with Gasteiger partial charge >= 0.3 is 0 Å². The fraction of sp³-hybridized carbons (Fsp3) is 0.375. The Morgan fingerprint density at radius 2 is 2.18 bits per heavy atom. The van der Waals surface area contributed by atoms with Crippen LogP contribution in [-0.4, -0.2) is 35.8 Å². The number of nitrogens with zero attached hydrogens (tertiary/aromatic N) is 1. The van der Waals surface area contributed by atoms with E-state index in [-0.39, 0.29) is 6.61 Å². The van der Waals surface area contributed by atoms with Crippen molar-refractivity contribution >= 4 is 34.5 Å². The van der Waals surface area contributed by atoms with Gasteiger partial charge in [-0.3, -0.25) is 4.90 Å². The topological polar surface area (TPSA) is 32.7 Å². The number of ether oxygens (including phenoxy) is 1. The number of hydrogen-bond acceptors (Lipinski definition) is 4. The zero-order valence-electron chi connectivity index (χ0n) is 12.0. The molecule has 22 heavy (non-hydrogen) atoms. The van der Waals surface area contributed by atoms with Gasteiger partial charge in [-0.15, -0.1) is 11.3 Å². The van der Waals surface area contributed by atoms with Crippen molar-refractivity contribution in [3.63, 3.8) is 0 Å². The summed E-state index contributed by atoms with van der Waals surface area (Å²) < 4.78 is 5.58. The Balaban J connectivity index is 1.51. The molecular formula is C16H17Cl2NO2S. The zero-order chi connectivity index (χ0) is 15.5. The summed E-state index contributed by atoms with van der Waals surface area (Å²) in [6.07, 6.45) is 0.496. The minimum absolute atomic E-state index is 0.201. The minimum atomic E-state index is -0.560. The van der Waals surface area contributed by atoms with Crippen LogP contribution in [0, 0.1) is 0 Å². The molecule has 1 aromatic carbocycles. The summed E-state index contributed by atoms with van der Waals surface area (Å²) in [6, 6.07) is 7.23. The average molecular weight is 358 g/mol. The first-order chi connectivity index (χ1) is 10.6. The molecule has 1 atom stereocenters. The first-order valence-electron chi connectivity index (χ1n) is 7.15. The highest BCUT2D eigenvalue weighted by molar-refractivity contribution is 7.10. The van der Waals surface area contributed by atoms with Crippen molar-refractivity contribution in [2.45, 2.75) is 19.1 Å². The SMILES string of the molecule is O[C@H](COc1cc(Cl)ccc1Cl)CN1CCc2sccc2C1. The van der Waals surface area contributed by atoms with Gasteiger partial charge in [0.05, 0.1) is 5.02 Å². The highest BCUT2D eigenvalue weighted by Gasteiger charge is 2.20. The largest absolute Gasteiger partial charge is 0.489 e. The summed E-state index contributed by atoms with van der Waals surface area (Å²) in [5.74, 6) is 0.506. The molecule has 118 valence electrons. The van der Waals surface area contributed by atoms with E-state index in [9.17, 15) is 5.11 Å². The lowest BCUT2D eigenvalue weighted by atomic mass is 10.1. The molecule has 6 heteroatoms. The van der Waals surface area contributed by atoms with Gasteiger partial charge in [0.1, 0.15) is 18.5 Å². The van der Waals surface area contributed by atoms with Crippen molar-refractivity contribution in [1.29, 1.82) is 0 Å². The van der Waals surface area contributed by atoms with Crippen LogP contribution in [0.5, 0.6) is 5.75 Å². The van der Waals surface area contributed by atoms with E-state index in [1.807, 2.05) is 11.3 Å². The lowest BCUT2D eigenvalue weighted by Crippen LogP contribution is -2.38. The van der Waals surface area contributed by atoms with E-state index in [0.29, 0.717) is 22.3 Å². The highest BCUT2D eigenvalue weighted by atomic mass is 35.5. The average Bonchev–Trinajstić information content (AvgIpc) is 2.96. The summed E-state index contributed by atoms with van der Waals surface area (Å²) >= 11 is 13.8. The van der Waals surface area contributed by atoms with Crippen molar-refractivity contribution in [1.82, 2.24) is 4.90 Å². The van der Waals surface area contributed by atoms with E-state index in [1.54, 1.807) is 18.2 Å². The Labute approximate surface area is 144 Å². The summed E-state index contributed by atoms with van der Waals surface area (Å²) in [6.45, 7) is 2.66. The molecular weight excluding hydrogens is 341 g/mol. The second kappa shape index (κ2) is 7.20. The number of aliphatic hydroxyl groups excluding tert-OH is 1. The Morgan fingerprint density at radius 3 is 3.05 bits per heavy atom. The smallest absolute Gasteiger partial charge is 0.139 e.